The molecule has 2 aromatic rings. The van der Waals surface area contributed by atoms with Gasteiger partial charge in [0.1, 0.15) is 5.82 Å². The number of rotatable bonds is 2. The maximum Gasteiger partial charge on any atom is 0.245 e. The van der Waals surface area contributed by atoms with Crippen LogP contribution in [0.15, 0.2) is 30.5 Å². The number of halogens is 1. The molecule has 1 heterocycles. The Hall–Kier alpha value is -1.68. The smallest absolute Gasteiger partial charge is 0.245 e. The second-order valence-electron chi connectivity index (χ2n) is 3.99. The van der Waals surface area contributed by atoms with Crippen LogP contribution >= 0.6 is 0 Å². The zero-order valence-electron chi connectivity index (χ0n) is 9.27. The molecule has 2 rings (SSSR count). The average molecular weight is 220 g/mol. The summed E-state index contributed by atoms with van der Waals surface area (Å²) in [5, 5.41) is 0.743. The summed E-state index contributed by atoms with van der Waals surface area (Å²) >= 11 is 0. The number of benzene rings is 1. The number of aromatic nitrogens is 1. The summed E-state index contributed by atoms with van der Waals surface area (Å²) in [4.78, 5) is 13.6. The molecule has 4 heteroatoms. The number of carbonyl (C=O) groups is 1. The highest BCUT2D eigenvalue weighted by Crippen LogP contribution is 2.18. The molecule has 1 aromatic heterocycles. The van der Waals surface area contributed by atoms with Gasteiger partial charge in [-0.2, -0.15) is 0 Å². The van der Waals surface area contributed by atoms with E-state index in [4.69, 9.17) is 0 Å². The van der Waals surface area contributed by atoms with Crippen LogP contribution in [-0.2, 0) is 0 Å². The van der Waals surface area contributed by atoms with Gasteiger partial charge in [0.2, 0.25) is 5.91 Å². The van der Waals surface area contributed by atoms with E-state index in [1.54, 1.807) is 43.4 Å². The second-order valence-corrected chi connectivity index (χ2v) is 3.99. The lowest BCUT2D eigenvalue weighted by molar-refractivity contribution is 0.0881. The Morgan fingerprint density at radius 3 is 2.81 bits per heavy atom. The Kier molecular flexibility index (Phi) is 2.75. The fourth-order valence-corrected chi connectivity index (χ4v) is 1.70. The normalized spacial score (nSPS) is 11.2. The van der Waals surface area contributed by atoms with Gasteiger partial charge in [-0.15, -0.1) is 0 Å². The summed E-state index contributed by atoms with van der Waals surface area (Å²) in [6.07, 6.45) is 1.61. The van der Waals surface area contributed by atoms with Crippen LogP contribution in [0.2, 0.25) is 0 Å². The van der Waals surface area contributed by atoms with E-state index < -0.39 is 0 Å². The highest BCUT2D eigenvalue weighted by Gasteiger charge is 2.12. The molecule has 0 atom stereocenters. The summed E-state index contributed by atoms with van der Waals surface area (Å²) in [5.74, 6) is -0.500. The molecule has 3 nitrogen and oxygen atoms in total. The van der Waals surface area contributed by atoms with E-state index in [-0.39, 0.29) is 18.3 Å². The molecule has 0 radical (unpaired) electrons. The van der Waals surface area contributed by atoms with Crippen molar-refractivity contribution in [3.63, 3.8) is 0 Å². The standard InChI is InChI=1S/C12H13FN2O/c1-14(2)8-11(16)15-7-6-9-4-3-5-10(13)12(9)15/h3-7H,8H2,1-2H3. The number of likely N-dealkylation sites (N-methyl/N-ethyl adjacent to an activating group) is 1. The number of hydrogen-bond donors (Lipinski definition) is 0. The van der Waals surface area contributed by atoms with Crippen LogP contribution in [-0.4, -0.2) is 36.0 Å². The molecule has 0 spiro atoms. The molecular weight excluding hydrogens is 207 g/mol. The zero-order chi connectivity index (χ0) is 11.7. The third-order valence-corrected chi connectivity index (χ3v) is 2.38. The Balaban J connectivity index is 2.49. The number of nitrogens with zero attached hydrogens (tertiary/aromatic N) is 2. The minimum Gasteiger partial charge on any atom is -0.301 e. The molecule has 16 heavy (non-hydrogen) atoms. The topological polar surface area (TPSA) is 25.2 Å². The third-order valence-electron chi connectivity index (χ3n) is 2.38. The van der Waals surface area contributed by atoms with Crippen LogP contribution in [0.4, 0.5) is 4.39 Å². The Morgan fingerprint density at radius 2 is 2.12 bits per heavy atom. The lowest BCUT2D eigenvalue weighted by atomic mass is 10.2. The lowest BCUT2D eigenvalue weighted by Gasteiger charge is -2.09. The molecule has 0 bridgehead atoms. The molecule has 0 amide bonds. The number of fused-ring (bicyclic) bond motifs is 1. The Labute approximate surface area is 93.1 Å². The first-order chi connectivity index (χ1) is 7.59. The predicted molar refractivity (Wildman–Crippen MR) is 61.1 cm³/mol. The molecule has 0 aliphatic carbocycles. The summed E-state index contributed by atoms with van der Waals surface area (Å²) in [7, 11) is 3.61. The lowest BCUT2D eigenvalue weighted by Crippen LogP contribution is -2.26. The molecule has 0 N–H and O–H groups in total. The van der Waals surface area contributed by atoms with Gasteiger partial charge in [0.25, 0.3) is 0 Å². The number of para-hydroxylation sites is 1. The van der Waals surface area contributed by atoms with Crippen LogP contribution in [0.25, 0.3) is 10.9 Å². The van der Waals surface area contributed by atoms with E-state index in [0.29, 0.717) is 5.52 Å². The summed E-state index contributed by atoms with van der Waals surface area (Å²) < 4.78 is 15.0. The van der Waals surface area contributed by atoms with E-state index in [0.717, 1.165) is 5.39 Å². The van der Waals surface area contributed by atoms with Gasteiger partial charge in [-0.3, -0.25) is 9.36 Å². The van der Waals surface area contributed by atoms with Gasteiger partial charge in [-0.05, 0) is 26.2 Å². The first-order valence-electron chi connectivity index (χ1n) is 5.03. The van der Waals surface area contributed by atoms with Crippen LogP contribution in [0.3, 0.4) is 0 Å². The number of carbonyl (C=O) groups excluding carboxylic acids is 1. The van der Waals surface area contributed by atoms with Gasteiger partial charge in [0.15, 0.2) is 0 Å². The van der Waals surface area contributed by atoms with Gasteiger partial charge < -0.3 is 4.90 Å². The van der Waals surface area contributed by atoms with Crippen LogP contribution in [0.1, 0.15) is 4.79 Å². The fourth-order valence-electron chi connectivity index (χ4n) is 1.70. The van der Waals surface area contributed by atoms with E-state index in [1.165, 1.54) is 10.6 Å². The Bertz CT molecular complexity index is 531. The van der Waals surface area contributed by atoms with Crippen molar-refractivity contribution in [1.82, 2.24) is 9.47 Å². The minimum atomic E-state index is -0.366. The molecule has 0 unspecified atom stereocenters. The van der Waals surface area contributed by atoms with Gasteiger partial charge in [0.05, 0.1) is 12.1 Å². The molecule has 0 saturated heterocycles. The molecule has 0 fully saturated rings. The van der Waals surface area contributed by atoms with Gasteiger partial charge in [-0.1, -0.05) is 12.1 Å². The molecular formula is C12H13FN2O. The molecule has 0 aliphatic rings. The SMILES string of the molecule is CN(C)CC(=O)n1ccc2cccc(F)c21. The van der Waals surface area contributed by atoms with Crippen molar-refractivity contribution in [2.75, 3.05) is 20.6 Å². The highest BCUT2D eigenvalue weighted by atomic mass is 19.1. The van der Waals surface area contributed by atoms with Crippen molar-refractivity contribution in [3.05, 3.63) is 36.3 Å². The zero-order valence-corrected chi connectivity index (χ0v) is 9.27. The monoisotopic (exact) mass is 220 g/mol. The summed E-state index contributed by atoms with van der Waals surface area (Å²) in [5.41, 5.74) is 0.356. The van der Waals surface area contributed by atoms with E-state index >= 15 is 0 Å². The second kappa shape index (κ2) is 4.06. The summed E-state index contributed by atoms with van der Waals surface area (Å²) in [6, 6.07) is 6.53. The maximum atomic E-state index is 13.6. The first kappa shape index (κ1) is 10.8. The summed E-state index contributed by atoms with van der Waals surface area (Å²) in [6.45, 7) is 0.262. The van der Waals surface area contributed by atoms with Gasteiger partial charge >= 0.3 is 0 Å². The number of hydrogen-bond acceptors (Lipinski definition) is 2. The molecule has 1 aromatic carbocycles. The quantitative estimate of drug-likeness (QED) is 0.773. The minimum absolute atomic E-state index is 0.134. The largest absolute Gasteiger partial charge is 0.301 e. The van der Waals surface area contributed by atoms with Gasteiger partial charge in [0, 0.05) is 11.6 Å². The predicted octanol–water partition coefficient (Wildman–Crippen LogP) is 1.98. The highest BCUT2D eigenvalue weighted by molar-refractivity contribution is 5.93. The van der Waals surface area contributed by atoms with E-state index in [9.17, 15) is 9.18 Å². The molecule has 0 saturated carbocycles. The molecule has 0 aliphatic heterocycles. The van der Waals surface area contributed by atoms with E-state index in [1.807, 2.05) is 0 Å². The van der Waals surface area contributed by atoms with Crippen LogP contribution in [0, 0.1) is 5.82 Å². The van der Waals surface area contributed by atoms with Crippen LogP contribution < -0.4 is 0 Å². The van der Waals surface area contributed by atoms with E-state index in [2.05, 4.69) is 0 Å². The molecule has 84 valence electrons. The average Bonchev–Trinajstić information content (AvgIpc) is 2.61. The van der Waals surface area contributed by atoms with Crippen molar-refractivity contribution in [1.29, 1.82) is 0 Å². The van der Waals surface area contributed by atoms with Crippen molar-refractivity contribution < 1.29 is 9.18 Å². The van der Waals surface area contributed by atoms with Crippen molar-refractivity contribution in [2.24, 2.45) is 0 Å². The van der Waals surface area contributed by atoms with Crippen LogP contribution in [0.5, 0.6) is 0 Å². The maximum absolute atomic E-state index is 13.6. The third kappa shape index (κ3) is 1.84. The Morgan fingerprint density at radius 1 is 1.38 bits per heavy atom. The first-order valence-corrected chi connectivity index (χ1v) is 5.03. The van der Waals surface area contributed by atoms with Gasteiger partial charge in [-0.25, -0.2) is 4.39 Å². The van der Waals surface area contributed by atoms with Crippen molar-refractivity contribution in [2.45, 2.75) is 0 Å². The fraction of sp³-hybridized carbons (Fsp3) is 0.250. The van der Waals surface area contributed by atoms with Crippen molar-refractivity contribution >= 4 is 16.8 Å². The van der Waals surface area contributed by atoms with Crippen molar-refractivity contribution in [3.8, 4) is 0 Å².